The molecule has 5 aliphatic rings. The standard InChI is InChI=1S/C24H40/c1-3-9-19-17(7-1)13-15-23(19)21-11-5-6-12-22(21)24-16-14-18-8-2-4-10-20(18)24/h17-24H,1-16H2. The molecule has 0 spiro atoms. The van der Waals surface area contributed by atoms with Gasteiger partial charge in [-0.25, -0.2) is 0 Å². The molecule has 5 aliphatic carbocycles. The maximum Gasteiger partial charge on any atom is -0.0352 e. The van der Waals surface area contributed by atoms with E-state index >= 15 is 0 Å². The molecule has 136 valence electrons. The molecule has 5 saturated carbocycles. The summed E-state index contributed by atoms with van der Waals surface area (Å²) in [5, 5.41) is 0. The van der Waals surface area contributed by atoms with E-state index in [-0.39, 0.29) is 0 Å². The topological polar surface area (TPSA) is 0 Å². The number of fused-ring (bicyclic) bond motifs is 2. The molecule has 0 heterocycles. The van der Waals surface area contributed by atoms with E-state index in [1.807, 2.05) is 0 Å². The van der Waals surface area contributed by atoms with Gasteiger partial charge in [0.1, 0.15) is 0 Å². The van der Waals surface area contributed by atoms with Crippen LogP contribution < -0.4 is 0 Å². The van der Waals surface area contributed by atoms with Crippen LogP contribution >= 0.6 is 0 Å². The van der Waals surface area contributed by atoms with Crippen LogP contribution in [-0.4, -0.2) is 0 Å². The Morgan fingerprint density at radius 1 is 0.250 bits per heavy atom. The third kappa shape index (κ3) is 2.79. The second-order valence-electron chi connectivity index (χ2n) is 10.5. The molecule has 5 fully saturated rings. The monoisotopic (exact) mass is 328 g/mol. The normalized spacial score (nSPS) is 52.0. The Morgan fingerprint density at radius 3 is 1.04 bits per heavy atom. The van der Waals surface area contributed by atoms with Gasteiger partial charge in [0.2, 0.25) is 0 Å². The van der Waals surface area contributed by atoms with Crippen LogP contribution in [0.4, 0.5) is 0 Å². The Hall–Kier alpha value is 0. The van der Waals surface area contributed by atoms with Crippen LogP contribution in [0.3, 0.4) is 0 Å². The Morgan fingerprint density at radius 2 is 0.583 bits per heavy atom. The maximum atomic E-state index is 1.62. The summed E-state index contributed by atoms with van der Waals surface area (Å²) < 4.78 is 0. The minimum atomic E-state index is 1.15. The summed E-state index contributed by atoms with van der Waals surface area (Å²) in [5.74, 6) is 9.23. The molecular weight excluding hydrogens is 288 g/mol. The third-order valence-electron chi connectivity index (χ3n) is 9.75. The average Bonchev–Trinajstić information content (AvgIpc) is 3.26. The van der Waals surface area contributed by atoms with Crippen LogP contribution in [0.1, 0.15) is 103 Å². The van der Waals surface area contributed by atoms with Gasteiger partial charge in [-0.1, -0.05) is 51.4 Å². The van der Waals surface area contributed by atoms with Crippen molar-refractivity contribution in [3.05, 3.63) is 0 Å². The highest BCUT2D eigenvalue weighted by Gasteiger charge is 2.49. The summed E-state index contributed by atoms with van der Waals surface area (Å²) in [6, 6.07) is 0. The predicted octanol–water partition coefficient (Wildman–Crippen LogP) is 7.23. The summed E-state index contributed by atoms with van der Waals surface area (Å²) in [5.41, 5.74) is 0. The van der Waals surface area contributed by atoms with Gasteiger partial charge in [-0.2, -0.15) is 0 Å². The maximum absolute atomic E-state index is 1.62. The fraction of sp³-hybridized carbons (Fsp3) is 1.00. The van der Waals surface area contributed by atoms with Gasteiger partial charge in [-0.3, -0.25) is 0 Å². The molecule has 0 heteroatoms. The first-order chi connectivity index (χ1) is 11.9. The highest BCUT2D eigenvalue weighted by Crippen LogP contribution is 2.58. The predicted molar refractivity (Wildman–Crippen MR) is 102 cm³/mol. The van der Waals surface area contributed by atoms with E-state index in [1.165, 1.54) is 0 Å². The van der Waals surface area contributed by atoms with Gasteiger partial charge in [0.15, 0.2) is 0 Å². The molecule has 0 aromatic rings. The molecule has 0 N–H and O–H groups in total. The van der Waals surface area contributed by atoms with Crippen LogP contribution in [0.2, 0.25) is 0 Å². The van der Waals surface area contributed by atoms with Crippen molar-refractivity contribution in [1.29, 1.82) is 0 Å². The van der Waals surface area contributed by atoms with E-state index in [0.717, 1.165) is 47.3 Å². The fourth-order valence-electron chi connectivity index (χ4n) is 8.87. The molecule has 0 aromatic heterocycles. The lowest BCUT2D eigenvalue weighted by Crippen LogP contribution is -2.37. The van der Waals surface area contributed by atoms with Crippen molar-refractivity contribution in [2.45, 2.75) is 103 Å². The second kappa shape index (κ2) is 6.96. The molecular formula is C24H40. The molecule has 0 aliphatic heterocycles. The smallest absolute Gasteiger partial charge is 0.0352 e. The van der Waals surface area contributed by atoms with E-state index in [1.54, 1.807) is 103 Å². The van der Waals surface area contributed by atoms with E-state index in [2.05, 4.69) is 0 Å². The molecule has 5 rings (SSSR count). The lowest BCUT2D eigenvalue weighted by molar-refractivity contribution is 0.0439. The van der Waals surface area contributed by atoms with Gasteiger partial charge in [0, 0.05) is 0 Å². The largest absolute Gasteiger partial charge is 0.0530 e. The van der Waals surface area contributed by atoms with Gasteiger partial charge in [-0.05, 0) is 98.7 Å². The number of hydrogen-bond donors (Lipinski definition) is 0. The molecule has 0 amide bonds. The lowest BCUT2D eigenvalue weighted by Gasteiger charge is -2.45. The van der Waals surface area contributed by atoms with Gasteiger partial charge in [0.25, 0.3) is 0 Å². The zero-order valence-corrected chi connectivity index (χ0v) is 15.9. The minimum absolute atomic E-state index is 1.15. The molecule has 8 atom stereocenters. The van der Waals surface area contributed by atoms with Crippen molar-refractivity contribution >= 4 is 0 Å². The summed E-state index contributed by atoms with van der Waals surface area (Å²) in [6.07, 6.45) is 25.4. The van der Waals surface area contributed by atoms with E-state index in [9.17, 15) is 0 Å². The summed E-state index contributed by atoms with van der Waals surface area (Å²) >= 11 is 0. The van der Waals surface area contributed by atoms with Gasteiger partial charge < -0.3 is 0 Å². The van der Waals surface area contributed by atoms with Crippen molar-refractivity contribution in [2.24, 2.45) is 47.3 Å². The average molecular weight is 329 g/mol. The Kier molecular flexibility index (Phi) is 4.69. The Balaban J connectivity index is 1.34. The van der Waals surface area contributed by atoms with E-state index in [0.29, 0.717) is 0 Å². The summed E-state index contributed by atoms with van der Waals surface area (Å²) in [7, 11) is 0. The first-order valence-corrected chi connectivity index (χ1v) is 11.9. The van der Waals surface area contributed by atoms with Crippen molar-refractivity contribution in [2.75, 3.05) is 0 Å². The zero-order chi connectivity index (χ0) is 15.9. The van der Waals surface area contributed by atoms with E-state index in [4.69, 9.17) is 0 Å². The molecule has 0 nitrogen and oxygen atoms in total. The lowest BCUT2D eigenvalue weighted by atomic mass is 9.60. The molecule has 24 heavy (non-hydrogen) atoms. The van der Waals surface area contributed by atoms with E-state index < -0.39 is 0 Å². The third-order valence-corrected chi connectivity index (χ3v) is 9.75. The Bertz CT molecular complexity index is 386. The summed E-state index contributed by atoms with van der Waals surface area (Å²) in [6.45, 7) is 0. The Labute approximate surface area is 150 Å². The quantitative estimate of drug-likeness (QED) is 0.501. The highest BCUT2D eigenvalue weighted by molar-refractivity contribution is 4.98. The van der Waals surface area contributed by atoms with Crippen LogP contribution in [0, 0.1) is 47.3 Å². The number of hydrogen-bond acceptors (Lipinski definition) is 0. The second-order valence-corrected chi connectivity index (χ2v) is 10.5. The van der Waals surface area contributed by atoms with Crippen LogP contribution in [0.5, 0.6) is 0 Å². The highest BCUT2D eigenvalue weighted by atomic mass is 14.5. The van der Waals surface area contributed by atoms with Crippen molar-refractivity contribution in [1.82, 2.24) is 0 Å². The first-order valence-electron chi connectivity index (χ1n) is 11.9. The zero-order valence-electron chi connectivity index (χ0n) is 15.9. The van der Waals surface area contributed by atoms with Crippen LogP contribution in [-0.2, 0) is 0 Å². The van der Waals surface area contributed by atoms with Gasteiger partial charge in [-0.15, -0.1) is 0 Å². The van der Waals surface area contributed by atoms with Crippen LogP contribution in [0.25, 0.3) is 0 Å². The molecule has 8 unspecified atom stereocenters. The van der Waals surface area contributed by atoms with Gasteiger partial charge >= 0.3 is 0 Å². The van der Waals surface area contributed by atoms with Crippen molar-refractivity contribution < 1.29 is 0 Å². The van der Waals surface area contributed by atoms with Gasteiger partial charge in [0.05, 0.1) is 0 Å². The summed E-state index contributed by atoms with van der Waals surface area (Å²) in [4.78, 5) is 0. The molecule has 0 radical (unpaired) electrons. The molecule has 0 bridgehead atoms. The van der Waals surface area contributed by atoms with Crippen LogP contribution in [0.15, 0.2) is 0 Å². The fourth-order valence-corrected chi connectivity index (χ4v) is 8.87. The van der Waals surface area contributed by atoms with Crippen molar-refractivity contribution in [3.8, 4) is 0 Å². The first kappa shape index (κ1) is 16.2. The SMILES string of the molecule is C1CCC2C(C1)CCC2C1CCCCC1C1CCC2CCCCC21. The molecule has 0 saturated heterocycles. The van der Waals surface area contributed by atoms with Crippen molar-refractivity contribution in [3.63, 3.8) is 0 Å². The number of rotatable bonds is 2. The minimum Gasteiger partial charge on any atom is -0.0530 e. The molecule has 0 aromatic carbocycles.